The highest BCUT2D eigenvalue weighted by Gasteiger charge is 2.55. The zero-order chi connectivity index (χ0) is 22.0. The van der Waals surface area contributed by atoms with Crippen LogP contribution in [0.2, 0.25) is 0 Å². The second-order valence-corrected chi connectivity index (χ2v) is 8.40. The Morgan fingerprint density at radius 3 is 2.30 bits per heavy atom. The highest BCUT2D eigenvalue weighted by atomic mass is 19.4. The van der Waals surface area contributed by atoms with E-state index in [4.69, 9.17) is 0 Å². The van der Waals surface area contributed by atoms with Gasteiger partial charge in [-0.3, -0.25) is 9.59 Å². The average Bonchev–Trinajstić information content (AvgIpc) is 3.09. The lowest BCUT2D eigenvalue weighted by Gasteiger charge is -2.37. The van der Waals surface area contributed by atoms with E-state index in [2.05, 4.69) is 0 Å². The molecule has 2 aromatic rings. The summed E-state index contributed by atoms with van der Waals surface area (Å²) in [7, 11) is 1.69. The SMILES string of the molecule is CN1Cc2cc(-c3cccc4c3C(=O)N([C@@H](C(C)(C)O)C(F)(F)F)C4)ccc2C1=O. The lowest BCUT2D eigenvalue weighted by molar-refractivity contribution is -0.219. The summed E-state index contributed by atoms with van der Waals surface area (Å²) in [5, 5.41) is 10.2. The molecule has 0 radical (unpaired) electrons. The van der Waals surface area contributed by atoms with E-state index in [1.807, 2.05) is 0 Å². The summed E-state index contributed by atoms with van der Waals surface area (Å²) < 4.78 is 41.2. The predicted molar refractivity (Wildman–Crippen MR) is 104 cm³/mol. The largest absolute Gasteiger partial charge is 0.411 e. The molecule has 0 aromatic heterocycles. The molecule has 0 fully saturated rings. The fraction of sp³-hybridized carbons (Fsp3) is 0.364. The normalized spacial score (nSPS) is 17.4. The molecule has 2 aliphatic rings. The molecule has 5 nitrogen and oxygen atoms in total. The Morgan fingerprint density at radius 1 is 0.967 bits per heavy atom. The van der Waals surface area contributed by atoms with Crippen molar-refractivity contribution in [3.05, 3.63) is 58.7 Å². The number of rotatable bonds is 3. The van der Waals surface area contributed by atoms with Crippen LogP contribution in [-0.2, 0) is 13.1 Å². The molecule has 2 aliphatic heterocycles. The number of halogens is 3. The first-order valence-corrected chi connectivity index (χ1v) is 9.50. The third kappa shape index (κ3) is 3.15. The second-order valence-electron chi connectivity index (χ2n) is 8.40. The van der Waals surface area contributed by atoms with Crippen molar-refractivity contribution in [1.29, 1.82) is 0 Å². The van der Waals surface area contributed by atoms with E-state index in [0.717, 1.165) is 19.4 Å². The van der Waals surface area contributed by atoms with Gasteiger partial charge in [0.2, 0.25) is 0 Å². The first-order chi connectivity index (χ1) is 13.9. The molecule has 8 heteroatoms. The minimum Gasteiger partial charge on any atom is -0.388 e. The van der Waals surface area contributed by atoms with Crippen LogP contribution in [0.5, 0.6) is 0 Å². The maximum atomic E-state index is 13.7. The molecule has 0 unspecified atom stereocenters. The molecule has 1 atom stereocenters. The van der Waals surface area contributed by atoms with Gasteiger partial charge in [0.25, 0.3) is 11.8 Å². The summed E-state index contributed by atoms with van der Waals surface area (Å²) in [6.07, 6.45) is -4.78. The fourth-order valence-corrected chi connectivity index (χ4v) is 4.42. The summed E-state index contributed by atoms with van der Waals surface area (Å²) in [6, 6.07) is 7.88. The summed E-state index contributed by atoms with van der Waals surface area (Å²) >= 11 is 0. The van der Waals surface area contributed by atoms with Gasteiger partial charge in [0.1, 0.15) is 0 Å². The number of hydrogen-bond donors (Lipinski definition) is 1. The van der Waals surface area contributed by atoms with E-state index in [1.54, 1.807) is 48.3 Å². The lowest BCUT2D eigenvalue weighted by Crippen LogP contribution is -2.57. The summed E-state index contributed by atoms with van der Waals surface area (Å²) in [5.74, 6) is -0.853. The van der Waals surface area contributed by atoms with Crippen molar-refractivity contribution in [1.82, 2.24) is 9.80 Å². The van der Waals surface area contributed by atoms with Gasteiger partial charge in [0, 0.05) is 25.7 Å². The minimum atomic E-state index is -4.78. The van der Waals surface area contributed by atoms with E-state index in [9.17, 15) is 27.9 Å². The first-order valence-electron chi connectivity index (χ1n) is 9.50. The van der Waals surface area contributed by atoms with Gasteiger partial charge >= 0.3 is 6.18 Å². The third-order valence-electron chi connectivity index (χ3n) is 5.66. The smallest absolute Gasteiger partial charge is 0.388 e. The second kappa shape index (κ2) is 6.57. The molecule has 0 bridgehead atoms. The molecule has 158 valence electrons. The van der Waals surface area contributed by atoms with E-state index in [0.29, 0.717) is 33.7 Å². The number of alkyl halides is 3. The van der Waals surface area contributed by atoms with E-state index in [1.165, 1.54) is 0 Å². The topological polar surface area (TPSA) is 60.9 Å². The van der Waals surface area contributed by atoms with Crippen molar-refractivity contribution in [2.24, 2.45) is 0 Å². The predicted octanol–water partition coefficient (Wildman–Crippen LogP) is 3.60. The molecule has 0 saturated heterocycles. The van der Waals surface area contributed by atoms with Crippen LogP contribution in [0.4, 0.5) is 13.2 Å². The number of carbonyl (C=O) groups excluding carboxylic acids is 2. The highest BCUT2D eigenvalue weighted by molar-refractivity contribution is 6.05. The number of aliphatic hydroxyl groups is 1. The van der Waals surface area contributed by atoms with E-state index in [-0.39, 0.29) is 18.0 Å². The number of amides is 2. The van der Waals surface area contributed by atoms with Crippen molar-refractivity contribution in [3.63, 3.8) is 0 Å². The standard InChI is InChI=1S/C22H21F3N2O3/c1-21(2,30)20(22(23,24)25)27-11-13-5-4-6-15(17(13)19(27)29)12-7-8-16-14(9-12)10-26(3)18(16)28/h4-9,20,30H,10-11H2,1-3H3/t20-/m0/s1. The number of fused-ring (bicyclic) bond motifs is 2. The maximum absolute atomic E-state index is 13.7. The first kappa shape index (κ1) is 20.4. The van der Waals surface area contributed by atoms with Crippen LogP contribution in [0.1, 0.15) is 45.7 Å². The maximum Gasteiger partial charge on any atom is 0.411 e. The Balaban J connectivity index is 1.77. The lowest BCUT2D eigenvalue weighted by atomic mass is 9.94. The number of benzene rings is 2. The van der Waals surface area contributed by atoms with Gasteiger partial charge in [-0.2, -0.15) is 13.2 Å². The van der Waals surface area contributed by atoms with Crippen LogP contribution in [0.25, 0.3) is 11.1 Å². The summed E-state index contributed by atoms with van der Waals surface area (Å²) in [5.41, 5.74) is 1.09. The summed E-state index contributed by atoms with van der Waals surface area (Å²) in [6.45, 7) is 2.31. The summed E-state index contributed by atoms with van der Waals surface area (Å²) in [4.78, 5) is 27.5. The van der Waals surface area contributed by atoms with Crippen molar-refractivity contribution in [2.75, 3.05) is 7.05 Å². The van der Waals surface area contributed by atoms with Crippen LogP contribution in [0.15, 0.2) is 36.4 Å². The number of nitrogens with zero attached hydrogens (tertiary/aromatic N) is 2. The Morgan fingerprint density at radius 2 is 1.67 bits per heavy atom. The van der Waals surface area contributed by atoms with Gasteiger partial charge in [0.05, 0.1) is 11.2 Å². The van der Waals surface area contributed by atoms with Crippen LogP contribution >= 0.6 is 0 Å². The molecule has 2 heterocycles. The Kier molecular flexibility index (Phi) is 4.47. The molecule has 0 saturated carbocycles. The van der Waals surface area contributed by atoms with Crippen molar-refractivity contribution in [3.8, 4) is 11.1 Å². The Hall–Kier alpha value is -2.87. The number of carbonyl (C=O) groups is 2. The van der Waals surface area contributed by atoms with Crippen LogP contribution in [0, 0.1) is 0 Å². The molecule has 2 amide bonds. The molecular weight excluding hydrogens is 397 g/mol. The van der Waals surface area contributed by atoms with Gasteiger partial charge in [-0.05, 0) is 48.2 Å². The Labute approximate surface area is 171 Å². The van der Waals surface area contributed by atoms with Gasteiger partial charge in [-0.15, -0.1) is 0 Å². The molecular formula is C22H21F3N2O3. The van der Waals surface area contributed by atoms with Gasteiger partial charge in [0.15, 0.2) is 6.04 Å². The Bertz CT molecular complexity index is 1040. The van der Waals surface area contributed by atoms with Crippen molar-refractivity contribution in [2.45, 2.75) is 44.8 Å². The van der Waals surface area contributed by atoms with Gasteiger partial charge in [-0.25, -0.2) is 0 Å². The van der Waals surface area contributed by atoms with Gasteiger partial charge in [-0.1, -0.05) is 24.3 Å². The molecule has 4 rings (SSSR count). The zero-order valence-corrected chi connectivity index (χ0v) is 16.7. The van der Waals surface area contributed by atoms with Gasteiger partial charge < -0.3 is 14.9 Å². The van der Waals surface area contributed by atoms with Crippen molar-refractivity contribution < 1.29 is 27.9 Å². The van der Waals surface area contributed by atoms with Crippen molar-refractivity contribution >= 4 is 11.8 Å². The molecule has 0 spiro atoms. The van der Waals surface area contributed by atoms with Crippen LogP contribution < -0.4 is 0 Å². The van der Waals surface area contributed by atoms with E-state index < -0.39 is 23.7 Å². The fourth-order valence-electron chi connectivity index (χ4n) is 4.42. The third-order valence-corrected chi connectivity index (χ3v) is 5.66. The molecule has 2 aromatic carbocycles. The minimum absolute atomic E-state index is 0.0877. The number of hydrogen-bond acceptors (Lipinski definition) is 3. The van der Waals surface area contributed by atoms with Crippen LogP contribution in [-0.4, -0.2) is 51.6 Å². The molecule has 1 N–H and O–H groups in total. The molecule has 30 heavy (non-hydrogen) atoms. The zero-order valence-electron chi connectivity index (χ0n) is 16.7. The average molecular weight is 418 g/mol. The van der Waals surface area contributed by atoms with E-state index >= 15 is 0 Å². The highest BCUT2D eigenvalue weighted by Crippen LogP contribution is 2.40. The molecule has 0 aliphatic carbocycles. The van der Waals surface area contributed by atoms with Crippen LogP contribution in [0.3, 0.4) is 0 Å². The quantitative estimate of drug-likeness (QED) is 0.829. The monoisotopic (exact) mass is 418 g/mol.